The third-order valence-electron chi connectivity index (χ3n) is 3.48. The Morgan fingerprint density at radius 3 is 2.78 bits per heavy atom. The van der Waals surface area contributed by atoms with Crippen molar-refractivity contribution in [1.29, 1.82) is 0 Å². The first-order valence-electron chi connectivity index (χ1n) is 6.44. The van der Waals surface area contributed by atoms with Crippen LogP contribution in [0.1, 0.15) is 25.3 Å². The van der Waals surface area contributed by atoms with Crippen LogP contribution < -0.4 is 10.2 Å². The van der Waals surface area contributed by atoms with Gasteiger partial charge in [0.25, 0.3) is 5.91 Å². The standard InChI is InChI=1S/C14H19ClN2O/c1-10(14(18)16-12-7-8-12)17(2)9-11-5-3-4-6-13(11)15/h3-6,10,12H,7-9H2,1-2H3,(H,16,18)/p+1/t10-/m0/s1. The zero-order chi connectivity index (χ0) is 13.1. The van der Waals surface area contributed by atoms with Gasteiger partial charge in [0.15, 0.2) is 6.04 Å². The lowest BCUT2D eigenvalue weighted by Crippen LogP contribution is -3.12. The molecule has 1 amide bonds. The van der Waals surface area contributed by atoms with Crippen LogP contribution in [0.2, 0.25) is 5.02 Å². The highest BCUT2D eigenvalue weighted by Crippen LogP contribution is 2.18. The first-order valence-corrected chi connectivity index (χ1v) is 6.82. The molecule has 18 heavy (non-hydrogen) atoms. The largest absolute Gasteiger partial charge is 0.348 e. The van der Waals surface area contributed by atoms with Gasteiger partial charge in [0.2, 0.25) is 0 Å². The van der Waals surface area contributed by atoms with E-state index in [1.165, 1.54) is 0 Å². The van der Waals surface area contributed by atoms with Crippen LogP contribution in [0.25, 0.3) is 0 Å². The molecule has 0 saturated heterocycles. The Hall–Kier alpha value is -1.06. The first kappa shape index (κ1) is 13.4. The number of hydrogen-bond donors (Lipinski definition) is 2. The maximum atomic E-state index is 11.9. The Balaban J connectivity index is 1.92. The minimum atomic E-state index is -0.0538. The molecule has 1 unspecified atom stereocenters. The molecule has 2 rings (SSSR count). The van der Waals surface area contributed by atoms with E-state index in [2.05, 4.69) is 5.32 Å². The number of rotatable bonds is 5. The lowest BCUT2D eigenvalue weighted by molar-refractivity contribution is -0.908. The van der Waals surface area contributed by atoms with Gasteiger partial charge in [-0.2, -0.15) is 0 Å². The van der Waals surface area contributed by atoms with E-state index in [0.717, 1.165) is 34.9 Å². The molecule has 0 radical (unpaired) electrons. The fraction of sp³-hybridized carbons (Fsp3) is 0.500. The SMILES string of the molecule is C[C@@H](C(=O)NC1CC1)[NH+](C)Cc1ccccc1Cl. The smallest absolute Gasteiger partial charge is 0.278 e. The van der Waals surface area contributed by atoms with E-state index < -0.39 is 0 Å². The third-order valence-corrected chi connectivity index (χ3v) is 3.85. The van der Waals surface area contributed by atoms with Crippen molar-refractivity contribution in [3.63, 3.8) is 0 Å². The van der Waals surface area contributed by atoms with E-state index >= 15 is 0 Å². The second kappa shape index (κ2) is 5.72. The number of hydrogen-bond acceptors (Lipinski definition) is 1. The molecule has 1 aromatic rings. The molecule has 1 aliphatic carbocycles. The second-order valence-corrected chi connectivity index (χ2v) is 5.53. The van der Waals surface area contributed by atoms with Gasteiger partial charge in [0, 0.05) is 16.6 Å². The molecule has 0 bridgehead atoms. The molecule has 2 N–H and O–H groups in total. The Morgan fingerprint density at radius 1 is 1.50 bits per heavy atom. The monoisotopic (exact) mass is 267 g/mol. The van der Waals surface area contributed by atoms with Gasteiger partial charge in [-0.1, -0.05) is 29.8 Å². The summed E-state index contributed by atoms with van der Waals surface area (Å²) in [4.78, 5) is 13.1. The second-order valence-electron chi connectivity index (χ2n) is 5.12. The summed E-state index contributed by atoms with van der Waals surface area (Å²) >= 11 is 6.13. The van der Waals surface area contributed by atoms with Crippen LogP contribution in [0, 0.1) is 0 Å². The van der Waals surface area contributed by atoms with Gasteiger partial charge in [-0.25, -0.2) is 0 Å². The summed E-state index contributed by atoms with van der Waals surface area (Å²) < 4.78 is 0. The molecule has 1 saturated carbocycles. The number of amides is 1. The molecule has 0 heterocycles. The highest BCUT2D eigenvalue weighted by molar-refractivity contribution is 6.31. The number of nitrogens with one attached hydrogen (secondary N) is 2. The van der Waals surface area contributed by atoms with E-state index in [1.807, 2.05) is 38.2 Å². The lowest BCUT2D eigenvalue weighted by Gasteiger charge is -2.21. The maximum absolute atomic E-state index is 11.9. The fourth-order valence-corrected chi connectivity index (χ4v) is 2.08. The van der Waals surface area contributed by atoms with Gasteiger partial charge in [-0.05, 0) is 25.8 Å². The zero-order valence-electron chi connectivity index (χ0n) is 10.9. The van der Waals surface area contributed by atoms with Gasteiger partial charge in [0.05, 0.1) is 7.05 Å². The summed E-state index contributed by atoms with van der Waals surface area (Å²) in [5, 5.41) is 3.81. The predicted octanol–water partition coefficient (Wildman–Crippen LogP) is 1.02. The molecule has 4 heteroatoms. The maximum Gasteiger partial charge on any atom is 0.278 e. The predicted molar refractivity (Wildman–Crippen MR) is 72.7 cm³/mol. The van der Waals surface area contributed by atoms with Crippen LogP contribution in [0.15, 0.2) is 24.3 Å². The van der Waals surface area contributed by atoms with Crippen molar-refractivity contribution < 1.29 is 9.69 Å². The fourth-order valence-electron chi connectivity index (χ4n) is 1.87. The molecule has 0 spiro atoms. The molecule has 1 fully saturated rings. The Labute approximate surface area is 113 Å². The summed E-state index contributed by atoms with van der Waals surface area (Å²) in [5.74, 6) is 0.141. The highest BCUT2D eigenvalue weighted by atomic mass is 35.5. The van der Waals surface area contributed by atoms with Gasteiger partial charge >= 0.3 is 0 Å². The van der Waals surface area contributed by atoms with Gasteiger partial charge in [-0.3, -0.25) is 4.79 Å². The van der Waals surface area contributed by atoms with E-state index in [0.29, 0.717) is 6.04 Å². The van der Waals surface area contributed by atoms with Crippen molar-refractivity contribution in [1.82, 2.24) is 5.32 Å². The number of likely N-dealkylation sites (N-methyl/N-ethyl adjacent to an activating group) is 1. The average molecular weight is 268 g/mol. The van der Waals surface area contributed by atoms with Crippen molar-refractivity contribution in [2.45, 2.75) is 38.4 Å². The van der Waals surface area contributed by atoms with Gasteiger partial charge in [0.1, 0.15) is 6.54 Å². The number of carbonyl (C=O) groups excluding carboxylic acids is 1. The minimum Gasteiger partial charge on any atom is -0.348 e. The van der Waals surface area contributed by atoms with Crippen molar-refractivity contribution >= 4 is 17.5 Å². The van der Waals surface area contributed by atoms with Crippen molar-refractivity contribution in [2.75, 3.05) is 7.05 Å². The summed E-state index contributed by atoms with van der Waals surface area (Å²) in [6.07, 6.45) is 2.25. The van der Waals surface area contributed by atoms with E-state index in [1.54, 1.807) is 0 Å². The van der Waals surface area contributed by atoms with Gasteiger partial charge < -0.3 is 10.2 Å². The zero-order valence-corrected chi connectivity index (χ0v) is 11.6. The lowest BCUT2D eigenvalue weighted by atomic mass is 10.2. The van der Waals surface area contributed by atoms with Crippen LogP contribution in [0.3, 0.4) is 0 Å². The van der Waals surface area contributed by atoms with Crippen molar-refractivity contribution in [3.8, 4) is 0 Å². The molecule has 0 aliphatic heterocycles. The molecule has 3 nitrogen and oxygen atoms in total. The molecule has 0 aromatic heterocycles. The number of carbonyl (C=O) groups is 1. The molecular formula is C14H20ClN2O+. The van der Waals surface area contributed by atoms with Crippen LogP contribution in [0.4, 0.5) is 0 Å². The molecular weight excluding hydrogens is 248 g/mol. The van der Waals surface area contributed by atoms with E-state index in [9.17, 15) is 4.79 Å². The van der Waals surface area contributed by atoms with Crippen LogP contribution in [0.5, 0.6) is 0 Å². The summed E-state index contributed by atoms with van der Waals surface area (Å²) in [7, 11) is 2.03. The van der Waals surface area contributed by atoms with Crippen LogP contribution in [-0.4, -0.2) is 25.0 Å². The quantitative estimate of drug-likeness (QED) is 0.821. The normalized spacial score (nSPS) is 18.2. The topological polar surface area (TPSA) is 33.5 Å². The summed E-state index contributed by atoms with van der Waals surface area (Å²) in [6.45, 7) is 2.73. The summed E-state index contributed by atoms with van der Waals surface area (Å²) in [5.41, 5.74) is 1.09. The Morgan fingerprint density at radius 2 is 2.17 bits per heavy atom. The van der Waals surface area contributed by atoms with Crippen molar-refractivity contribution in [2.24, 2.45) is 0 Å². The van der Waals surface area contributed by atoms with E-state index in [-0.39, 0.29) is 11.9 Å². The summed E-state index contributed by atoms with van der Waals surface area (Å²) in [6, 6.07) is 8.17. The molecule has 1 aliphatic rings. The minimum absolute atomic E-state index is 0.0538. The number of benzene rings is 1. The number of halogens is 1. The van der Waals surface area contributed by atoms with E-state index in [4.69, 9.17) is 11.6 Å². The third kappa shape index (κ3) is 3.47. The molecule has 2 atom stereocenters. The Bertz CT molecular complexity index is 432. The average Bonchev–Trinajstić information content (AvgIpc) is 3.15. The van der Waals surface area contributed by atoms with Crippen molar-refractivity contribution in [3.05, 3.63) is 34.9 Å². The highest BCUT2D eigenvalue weighted by Gasteiger charge is 2.29. The van der Waals surface area contributed by atoms with Gasteiger partial charge in [-0.15, -0.1) is 0 Å². The Kier molecular flexibility index (Phi) is 4.25. The molecule has 1 aromatic carbocycles. The first-order chi connectivity index (χ1) is 8.58. The van der Waals surface area contributed by atoms with Crippen LogP contribution in [-0.2, 0) is 11.3 Å². The molecule has 98 valence electrons. The number of quaternary nitrogens is 1. The van der Waals surface area contributed by atoms with Crippen LogP contribution >= 0.6 is 11.6 Å².